The predicted octanol–water partition coefficient (Wildman–Crippen LogP) is 3.96. The van der Waals surface area contributed by atoms with Crippen LogP contribution in [0.15, 0.2) is 84.9 Å². The highest BCUT2D eigenvalue weighted by molar-refractivity contribution is 5.48. The minimum Gasteiger partial charge on any atom is -0.497 e. The second kappa shape index (κ2) is 7.97. The Morgan fingerprint density at radius 2 is 1.20 bits per heavy atom. The first-order chi connectivity index (χ1) is 12.3. The summed E-state index contributed by atoms with van der Waals surface area (Å²) in [5, 5.41) is 0. The van der Waals surface area contributed by atoms with Gasteiger partial charge in [-0.1, -0.05) is 72.8 Å². The maximum atomic E-state index is 6.44. The molecule has 3 aromatic rings. The molecule has 0 radical (unpaired) electrons. The molecule has 0 aromatic heterocycles. The summed E-state index contributed by atoms with van der Waals surface area (Å²) < 4.78 is 11.8. The molecule has 0 amide bonds. The van der Waals surface area contributed by atoms with Gasteiger partial charge in [-0.25, -0.2) is 0 Å². The molecule has 0 unspecified atom stereocenters. The van der Waals surface area contributed by atoms with Gasteiger partial charge in [0.2, 0.25) is 0 Å². The van der Waals surface area contributed by atoms with Crippen molar-refractivity contribution in [2.75, 3.05) is 20.3 Å². The summed E-state index contributed by atoms with van der Waals surface area (Å²) in [5.41, 5.74) is 8.24. The minimum atomic E-state index is -0.714. The van der Waals surface area contributed by atoms with Crippen LogP contribution < -0.4 is 10.5 Å². The second-order valence-electron chi connectivity index (χ2n) is 5.78. The zero-order valence-corrected chi connectivity index (χ0v) is 14.4. The molecule has 128 valence electrons. The third kappa shape index (κ3) is 3.43. The van der Waals surface area contributed by atoms with E-state index in [0.717, 1.165) is 22.4 Å². The topological polar surface area (TPSA) is 44.5 Å². The number of ether oxygens (including phenoxy) is 2. The zero-order valence-electron chi connectivity index (χ0n) is 14.4. The highest BCUT2D eigenvalue weighted by Crippen LogP contribution is 2.40. The Kier molecular flexibility index (Phi) is 5.49. The van der Waals surface area contributed by atoms with Crippen LogP contribution in [0.2, 0.25) is 0 Å². The molecule has 0 atom stereocenters. The molecule has 0 aliphatic rings. The summed E-state index contributed by atoms with van der Waals surface area (Å²) in [6.07, 6.45) is 0. The number of methoxy groups -OCH3 is 1. The van der Waals surface area contributed by atoms with Gasteiger partial charge in [0, 0.05) is 6.54 Å². The van der Waals surface area contributed by atoms with E-state index in [1.54, 1.807) is 7.11 Å². The first-order valence-corrected chi connectivity index (χ1v) is 8.41. The largest absolute Gasteiger partial charge is 0.497 e. The molecular weight excluding hydrogens is 310 g/mol. The Balaban J connectivity index is 2.23. The van der Waals surface area contributed by atoms with Gasteiger partial charge in [0.1, 0.15) is 11.4 Å². The van der Waals surface area contributed by atoms with Crippen LogP contribution in [-0.2, 0) is 10.3 Å². The molecule has 0 saturated carbocycles. The molecule has 3 aromatic carbocycles. The Morgan fingerprint density at radius 1 is 0.720 bits per heavy atom. The molecule has 0 spiro atoms. The van der Waals surface area contributed by atoms with Crippen molar-refractivity contribution < 1.29 is 9.47 Å². The fourth-order valence-electron chi connectivity index (χ4n) is 3.13. The van der Waals surface area contributed by atoms with Crippen LogP contribution >= 0.6 is 0 Å². The van der Waals surface area contributed by atoms with Crippen molar-refractivity contribution in [3.05, 3.63) is 102 Å². The summed E-state index contributed by atoms with van der Waals surface area (Å²) in [7, 11) is 1.67. The molecule has 0 heterocycles. The molecule has 0 bridgehead atoms. The number of hydrogen-bond acceptors (Lipinski definition) is 3. The van der Waals surface area contributed by atoms with E-state index in [4.69, 9.17) is 15.2 Å². The lowest BCUT2D eigenvalue weighted by Gasteiger charge is -2.36. The van der Waals surface area contributed by atoms with Gasteiger partial charge in [-0.05, 0) is 28.8 Å². The van der Waals surface area contributed by atoms with Crippen LogP contribution in [0, 0.1) is 0 Å². The van der Waals surface area contributed by atoms with Crippen molar-refractivity contribution in [3.8, 4) is 5.75 Å². The third-order valence-corrected chi connectivity index (χ3v) is 4.29. The van der Waals surface area contributed by atoms with Gasteiger partial charge in [0.15, 0.2) is 0 Å². The first kappa shape index (κ1) is 17.2. The number of benzene rings is 3. The SMILES string of the molecule is COc1ccc(C(OCCN)(c2ccccc2)c2ccccc2)cc1. The Bertz CT molecular complexity index is 731. The normalized spacial score (nSPS) is 11.3. The predicted molar refractivity (Wildman–Crippen MR) is 101 cm³/mol. The standard InChI is InChI=1S/C22H23NO2/c1-24-21-14-12-20(13-15-21)22(25-17-16-23,18-8-4-2-5-9-18)19-10-6-3-7-11-19/h2-15H,16-17,23H2,1H3. The van der Waals surface area contributed by atoms with Crippen LogP contribution in [0.4, 0.5) is 0 Å². The van der Waals surface area contributed by atoms with Crippen molar-refractivity contribution in [3.63, 3.8) is 0 Å². The molecule has 25 heavy (non-hydrogen) atoms. The van der Waals surface area contributed by atoms with Crippen LogP contribution in [-0.4, -0.2) is 20.3 Å². The van der Waals surface area contributed by atoms with Gasteiger partial charge in [0.25, 0.3) is 0 Å². The molecule has 2 N–H and O–H groups in total. The van der Waals surface area contributed by atoms with Gasteiger partial charge in [-0.15, -0.1) is 0 Å². The number of rotatable bonds is 7. The van der Waals surface area contributed by atoms with Crippen molar-refractivity contribution in [2.45, 2.75) is 5.60 Å². The first-order valence-electron chi connectivity index (χ1n) is 8.41. The maximum absolute atomic E-state index is 6.44. The number of hydrogen-bond donors (Lipinski definition) is 1. The van der Waals surface area contributed by atoms with E-state index in [1.165, 1.54) is 0 Å². The molecule has 0 fully saturated rings. The van der Waals surface area contributed by atoms with E-state index in [0.29, 0.717) is 13.2 Å². The summed E-state index contributed by atoms with van der Waals surface area (Å²) in [5.74, 6) is 0.817. The second-order valence-corrected chi connectivity index (χ2v) is 5.78. The van der Waals surface area contributed by atoms with Crippen LogP contribution in [0.3, 0.4) is 0 Å². The monoisotopic (exact) mass is 333 g/mol. The number of nitrogens with two attached hydrogens (primary N) is 1. The molecule has 0 aliphatic heterocycles. The summed E-state index contributed by atoms with van der Waals surface area (Å²) in [6, 6.07) is 28.5. The van der Waals surface area contributed by atoms with Gasteiger partial charge in [0.05, 0.1) is 13.7 Å². The lowest BCUT2D eigenvalue weighted by molar-refractivity contribution is 0.0179. The maximum Gasteiger partial charge on any atom is 0.143 e. The van der Waals surface area contributed by atoms with E-state index in [9.17, 15) is 0 Å². The van der Waals surface area contributed by atoms with Gasteiger partial charge < -0.3 is 15.2 Å². The van der Waals surface area contributed by atoms with Crippen molar-refractivity contribution in [1.82, 2.24) is 0 Å². The van der Waals surface area contributed by atoms with Crippen molar-refractivity contribution in [2.24, 2.45) is 5.73 Å². The quantitative estimate of drug-likeness (QED) is 0.666. The van der Waals surface area contributed by atoms with Crippen molar-refractivity contribution in [1.29, 1.82) is 0 Å². The average Bonchev–Trinajstić information content (AvgIpc) is 2.71. The van der Waals surface area contributed by atoms with Crippen LogP contribution in [0.25, 0.3) is 0 Å². The highest BCUT2D eigenvalue weighted by Gasteiger charge is 2.37. The van der Waals surface area contributed by atoms with E-state index in [-0.39, 0.29) is 0 Å². The average molecular weight is 333 g/mol. The summed E-state index contributed by atoms with van der Waals surface area (Å²) >= 11 is 0. The highest BCUT2D eigenvalue weighted by atomic mass is 16.5. The van der Waals surface area contributed by atoms with Crippen molar-refractivity contribution >= 4 is 0 Å². The fourth-order valence-corrected chi connectivity index (χ4v) is 3.13. The van der Waals surface area contributed by atoms with Gasteiger partial charge in [-0.2, -0.15) is 0 Å². The Hall–Kier alpha value is -2.62. The van der Waals surface area contributed by atoms with Gasteiger partial charge >= 0.3 is 0 Å². The van der Waals surface area contributed by atoms with Crippen LogP contribution in [0.1, 0.15) is 16.7 Å². The van der Waals surface area contributed by atoms with E-state index in [1.807, 2.05) is 48.5 Å². The lowest BCUT2D eigenvalue weighted by atomic mass is 9.80. The summed E-state index contributed by atoms with van der Waals surface area (Å²) in [4.78, 5) is 0. The minimum absolute atomic E-state index is 0.454. The Labute approximate surface area is 149 Å². The Morgan fingerprint density at radius 3 is 1.64 bits per heavy atom. The molecule has 0 aliphatic carbocycles. The molecule has 3 heteroatoms. The summed E-state index contributed by atoms with van der Waals surface area (Å²) in [6.45, 7) is 0.910. The fraction of sp³-hybridized carbons (Fsp3) is 0.182. The lowest BCUT2D eigenvalue weighted by Crippen LogP contribution is -2.34. The van der Waals surface area contributed by atoms with E-state index < -0.39 is 5.60 Å². The van der Waals surface area contributed by atoms with Gasteiger partial charge in [-0.3, -0.25) is 0 Å². The van der Waals surface area contributed by atoms with E-state index in [2.05, 4.69) is 36.4 Å². The molecular formula is C22H23NO2. The molecule has 3 nitrogen and oxygen atoms in total. The molecule has 0 saturated heterocycles. The zero-order chi connectivity index (χ0) is 17.5. The third-order valence-electron chi connectivity index (χ3n) is 4.29. The smallest absolute Gasteiger partial charge is 0.143 e. The molecule has 3 rings (SSSR count). The van der Waals surface area contributed by atoms with Crippen LogP contribution in [0.5, 0.6) is 5.75 Å². The van der Waals surface area contributed by atoms with E-state index >= 15 is 0 Å².